The molecule has 0 aliphatic carbocycles. The Hall–Kier alpha value is -1.18. The van der Waals surface area contributed by atoms with Gasteiger partial charge in [-0.3, -0.25) is 0 Å². The van der Waals surface area contributed by atoms with Crippen molar-refractivity contribution in [3.05, 3.63) is 39.1 Å². The van der Waals surface area contributed by atoms with Crippen molar-refractivity contribution in [2.75, 3.05) is 0 Å². The molecule has 0 saturated carbocycles. The highest BCUT2D eigenvalue weighted by Crippen LogP contribution is 2.25. The molecule has 4 heteroatoms. The van der Waals surface area contributed by atoms with Crippen LogP contribution >= 0.6 is 27.3 Å². The molecule has 68 valence electrons. The molecule has 0 fully saturated rings. The summed E-state index contributed by atoms with van der Waals surface area (Å²) >= 11 is 4.84. The second-order valence-electron chi connectivity index (χ2n) is 2.68. The minimum atomic E-state index is 0.659. The van der Waals surface area contributed by atoms with Crippen LogP contribution in [0.2, 0.25) is 0 Å². The number of hydrogen-bond acceptors (Lipinski definition) is 3. The lowest BCUT2D eigenvalue weighted by Crippen LogP contribution is -1.79. The maximum atomic E-state index is 8.74. The molecule has 1 aromatic heterocycles. The van der Waals surface area contributed by atoms with Crippen molar-refractivity contribution in [1.82, 2.24) is 4.98 Å². The van der Waals surface area contributed by atoms with Crippen LogP contribution < -0.4 is 0 Å². The van der Waals surface area contributed by atoms with Crippen LogP contribution in [0.4, 0.5) is 0 Å². The van der Waals surface area contributed by atoms with Crippen molar-refractivity contribution in [2.24, 2.45) is 0 Å². The van der Waals surface area contributed by atoms with Gasteiger partial charge in [-0.2, -0.15) is 5.26 Å². The van der Waals surface area contributed by atoms with E-state index in [0.717, 1.165) is 15.2 Å². The maximum Gasteiger partial charge on any atom is 0.159 e. The van der Waals surface area contributed by atoms with Crippen LogP contribution in [0.1, 0.15) is 5.56 Å². The van der Waals surface area contributed by atoms with E-state index in [1.165, 1.54) is 11.3 Å². The van der Waals surface area contributed by atoms with Gasteiger partial charge in [-0.25, -0.2) is 4.98 Å². The van der Waals surface area contributed by atoms with E-state index >= 15 is 0 Å². The average molecular weight is 265 g/mol. The van der Waals surface area contributed by atoms with Crippen LogP contribution in [0.5, 0.6) is 0 Å². The first kappa shape index (κ1) is 9.38. The van der Waals surface area contributed by atoms with E-state index in [2.05, 4.69) is 27.0 Å². The predicted molar refractivity (Wildman–Crippen MR) is 60.0 cm³/mol. The Labute approximate surface area is 94.0 Å². The van der Waals surface area contributed by atoms with Gasteiger partial charge in [0.05, 0.1) is 17.3 Å². The third-order valence-corrected chi connectivity index (χ3v) is 3.13. The van der Waals surface area contributed by atoms with E-state index in [1.807, 2.05) is 23.6 Å². The van der Waals surface area contributed by atoms with Crippen LogP contribution in [0.3, 0.4) is 0 Å². The molecule has 0 aliphatic rings. The van der Waals surface area contributed by atoms with Crippen molar-refractivity contribution in [2.45, 2.75) is 0 Å². The molecule has 0 atom stereocenters. The molecule has 1 aromatic carbocycles. The Morgan fingerprint density at radius 3 is 2.93 bits per heavy atom. The van der Waals surface area contributed by atoms with Gasteiger partial charge in [0.2, 0.25) is 0 Å². The number of aromatic nitrogens is 1. The summed E-state index contributed by atoms with van der Waals surface area (Å²) in [6, 6.07) is 9.53. The van der Waals surface area contributed by atoms with Crippen molar-refractivity contribution >= 4 is 27.3 Å². The lowest BCUT2D eigenvalue weighted by atomic mass is 10.1. The zero-order valence-corrected chi connectivity index (χ0v) is 9.47. The molecular weight excluding hydrogens is 260 g/mol. The minimum absolute atomic E-state index is 0.659. The molecule has 14 heavy (non-hydrogen) atoms. The minimum Gasteiger partial charge on any atom is -0.229 e. The number of nitrogens with zero attached hydrogens (tertiary/aromatic N) is 2. The first-order valence-corrected chi connectivity index (χ1v) is 5.58. The van der Waals surface area contributed by atoms with E-state index < -0.39 is 0 Å². The molecular formula is C10H5BrN2S. The molecule has 2 nitrogen and oxygen atoms in total. The van der Waals surface area contributed by atoms with Crippen molar-refractivity contribution < 1.29 is 0 Å². The molecule has 2 aromatic rings. The Balaban J connectivity index is 2.47. The number of thiazole rings is 1. The van der Waals surface area contributed by atoms with E-state index in [0.29, 0.717) is 5.56 Å². The van der Waals surface area contributed by atoms with Crippen LogP contribution in [-0.4, -0.2) is 4.98 Å². The summed E-state index contributed by atoms with van der Waals surface area (Å²) in [7, 11) is 0. The fourth-order valence-electron chi connectivity index (χ4n) is 1.13. The summed E-state index contributed by atoms with van der Waals surface area (Å²) < 4.78 is 0.856. The van der Waals surface area contributed by atoms with Crippen LogP contribution in [-0.2, 0) is 0 Å². The van der Waals surface area contributed by atoms with Crippen LogP contribution in [0.15, 0.2) is 33.6 Å². The highest BCUT2D eigenvalue weighted by Gasteiger charge is 2.02. The molecule has 2 rings (SSSR count). The van der Waals surface area contributed by atoms with Crippen molar-refractivity contribution in [3.8, 4) is 17.3 Å². The first-order valence-electron chi connectivity index (χ1n) is 3.91. The molecule has 0 spiro atoms. The van der Waals surface area contributed by atoms with Gasteiger partial charge >= 0.3 is 0 Å². The SMILES string of the molecule is N#Cc1cccc(-c2csc(Br)n2)c1. The predicted octanol–water partition coefficient (Wildman–Crippen LogP) is 3.44. The maximum absolute atomic E-state index is 8.74. The molecule has 1 heterocycles. The van der Waals surface area contributed by atoms with E-state index in [-0.39, 0.29) is 0 Å². The second kappa shape index (κ2) is 3.91. The fourth-order valence-corrected chi connectivity index (χ4v) is 2.15. The Bertz CT molecular complexity index is 499. The van der Waals surface area contributed by atoms with Crippen molar-refractivity contribution in [1.29, 1.82) is 5.26 Å². The van der Waals surface area contributed by atoms with Gasteiger partial charge in [0.15, 0.2) is 3.92 Å². The van der Waals surface area contributed by atoms with Crippen molar-refractivity contribution in [3.63, 3.8) is 0 Å². The highest BCUT2D eigenvalue weighted by atomic mass is 79.9. The summed E-state index contributed by atoms with van der Waals surface area (Å²) in [6.07, 6.45) is 0. The number of benzene rings is 1. The molecule has 0 unspecified atom stereocenters. The summed E-state index contributed by atoms with van der Waals surface area (Å²) in [5.41, 5.74) is 2.54. The zero-order valence-electron chi connectivity index (χ0n) is 7.07. The number of halogens is 1. The summed E-state index contributed by atoms with van der Waals surface area (Å²) in [6.45, 7) is 0. The largest absolute Gasteiger partial charge is 0.229 e. The van der Waals surface area contributed by atoms with E-state index in [9.17, 15) is 0 Å². The molecule has 0 saturated heterocycles. The fraction of sp³-hybridized carbons (Fsp3) is 0. The summed E-state index contributed by atoms with van der Waals surface area (Å²) in [4.78, 5) is 4.28. The van der Waals surface area contributed by atoms with Gasteiger partial charge in [0, 0.05) is 10.9 Å². The monoisotopic (exact) mass is 264 g/mol. The average Bonchev–Trinajstić information content (AvgIpc) is 2.65. The lowest BCUT2D eigenvalue weighted by molar-refractivity contribution is 1.37. The summed E-state index contributed by atoms with van der Waals surface area (Å²) in [5, 5.41) is 10.7. The summed E-state index contributed by atoms with van der Waals surface area (Å²) in [5.74, 6) is 0. The van der Waals surface area contributed by atoms with Gasteiger partial charge in [0.25, 0.3) is 0 Å². The van der Waals surface area contributed by atoms with Crippen LogP contribution in [0, 0.1) is 11.3 Å². The quantitative estimate of drug-likeness (QED) is 0.791. The van der Waals surface area contributed by atoms with Crippen LogP contribution in [0.25, 0.3) is 11.3 Å². The normalized spacial score (nSPS) is 9.71. The van der Waals surface area contributed by atoms with Gasteiger partial charge < -0.3 is 0 Å². The zero-order chi connectivity index (χ0) is 9.97. The highest BCUT2D eigenvalue weighted by molar-refractivity contribution is 9.11. The standard InChI is InChI=1S/C10H5BrN2S/c11-10-13-9(6-14-10)8-3-1-2-7(4-8)5-12/h1-4,6H. The Kier molecular flexibility index (Phi) is 2.62. The third-order valence-electron chi connectivity index (χ3n) is 1.76. The number of nitriles is 1. The van der Waals surface area contributed by atoms with Gasteiger partial charge in [-0.15, -0.1) is 11.3 Å². The molecule has 0 radical (unpaired) electrons. The van der Waals surface area contributed by atoms with Gasteiger partial charge in [0.1, 0.15) is 0 Å². The molecule has 0 N–H and O–H groups in total. The molecule has 0 amide bonds. The molecule has 0 aliphatic heterocycles. The van der Waals surface area contributed by atoms with Gasteiger partial charge in [-0.1, -0.05) is 12.1 Å². The Morgan fingerprint density at radius 1 is 1.43 bits per heavy atom. The lowest BCUT2D eigenvalue weighted by Gasteiger charge is -1.95. The Morgan fingerprint density at radius 2 is 2.29 bits per heavy atom. The topological polar surface area (TPSA) is 36.7 Å². The third kappa shape index (κ3) is 1.84. The number of rotatable bonds is 1. The smallest absolute Gasteiger partial charge is 0.159 e. The van der Waals surface area contributed by atoms with Gasteiger partial charge in [-0.05, 0) is 28.1 Å². The second-order valence-corrected chi connectivity index (χ2v) is 4.81. The first-order chi connectivity index (χ1) is 6.79. The van der Waals surface area contributed by atoms with E-state index in [4.69, 9.17) is 5.26 Å². The molecule has 0 bridgehead atoms. The van der Waals surface area contributed by atoms with E-state index in [1.54, 1.807) is 6.07 Å². The number of hydrogen-bond donors (Lipinski definition) is 0.